The lowest BCUT2D eigenvalue weighted by Crippen LogP contribution is -2.32. The van der Waals surface area contributed by atoms with E-state index in [1.54, 1.807) is 11.3 Å². The third-order valence-corrected chi connectivity index (χ3v) is 4.54. The van der Waals surface area contributed by atoms with E-state index in [-0.39, 0.29) is 12.5 Å². The molecule has 0 radical (unpaired) electrons. The molecule has 1 amide bonds. The minimum absolute atomic E-state index is 0.0267. The highest BCUT2D eigenvalue weighted by Gasteiger charge is 2.05. The number of benzene rings is 2. The zero-order chi connectivity index (χ0) is 18.2. The van der Waals surface area contributed by atoms with Gasteiger partial charge in [0.25, 0.3) is 5.91 Å². The smallest absolute Gasteiger partial charge is 0.258 e. The summed E-state index contributed by atoms with van der Waals surface area (Å²) in [7, 11) is 0. The summed E-state index contributed by atoms with van der Waals surface area (Å²) in [6.07, 6.45) is 0. The molecule has 3 rings (SSSR count). The summed E-state index contributed by atoms with van der Waals surface area (Å²) in [4.78, 5) is 16.3. The van der Waals surface area contributed by atoms with Gasteiger partial charge in [0.15, 0.2) is 6.61 Å². The second kappa shape index (κ2) is 9.01. The molecular formula is C20H20N2O3S. The lowest BCUT2D eigenvalue weighted by molar-refractivity contribution is -0.123. The molecule has 0 unspecified atom stereocenters. The number of nitrogens with one attached hydrogen (secondary N) is 1. The second-order valence-electron chi connectivity index (χ2n) is 5.62. The average Bonchev–Trinajstić information content (AvgIpc) is 3.11. The molecule has 0 aliphatic heterocycles. The highest BCUT2D eigenvalue weighted by molar-refractivity contribution is 7.13. The number of carbonyl (C=O) groups is 1. The van der Waals surface area contributed by atoms with E-state index < -0.39 is 0 Å². The summed E-state index contributed by atoms with van der Waals surface area (Å²) in [5, 5.41) is 5.76. The highest BCUT2D eigenvalue weighted by Crippen LogP contribution is 2.25. The Morgan fingerprint density at radius 3 is 2.46 bits per heavy atom. The Hall–Kier alpha value is -2.86. The molecule has 0 saturated heterocycles. The number of amides is 1. The first-order valence-electron chi connectivity index (χ1n) is 8.30. The Kier molecular flexibility index (Phi) is 6.22. The van der Waals surface area contributed by atoms with Gasteiger partial charge in [0.1, 0.15) is 23.1 Å². The van der Waals surface area contributed by atoms with Gasteiger partial charge in [0, 0.05) is 16.6 Å². The van der Waals surface area contributed by atoms with Gasteiger partial charge in [-0.15, -0.1) is 11.3 Å². The molecule has 0 bridgehead atoms. The predicted molar refractivity (Wildman–Crippen MR) is 103 cm³/mol. The minimum Gasteiger partial charge on any atom is -0.492 e. The number of carbonyl (C=O) groups excluding carboxylic acids is 1. The molecule has 1 aromatic heterocycles. The van der Waals surface area contributed by atoms with Crippen molar-refractivity contribution in [3.63, 3.8) is 0 Å². The van der Waals surface area contributed by atoms with E-state index in [9.17, 15) is 4.79 Å². The summed E-state index contributed by atoms with van der Waals surface area (Å²) in [5.41, 5.74) is 2.05. The van der Waals surface area contributed by atoms with Crippen LogP contribution in [-0.4, -0.2) is 30.6 Å². The fourth-order valence-electron chi connectivity index (χ4n) is 2.26. The normalized spacial score (nSPS) is 10.3. The summed E-state index contributed by atoms with van der Waals surface area (Å²) in [5.74, 6) is 1.26. The van der Waals surface area contributed by atoms with Crippen molar-refractivity contribution in [2.45, 2.75) is 6.92 Å². The standard InChI is InChI=1S/C20H20N2O3S/c1-15-14-26-20(22-15)16-7-9-18(10-8-16)25-13-19(23)21-11-12-24-17-5-3-2-4-6-17/h2-10,14H,11-13H2,1H3,(H,21,23). The van der Waals surface area contributed by atoms with Crippen LogP contribution in [0, 0.1) is 6.92 Å². The fourth-order valence-corrected chi connectivity index (χ4v) is 3.06. The predicted octanol–water partition coefficient (Wildman–Crippen LogP) is 3.69. The molecule has 5 nitrogen and oxygen atoms in total. The first-order valence-corrected chi connectivity index (χ1v) is 9.18. The number of para-hydroxylation sites is 1. The number of hydrogen-bond acceptors (Lipinski definition) is 5. The number of thiazole rings is 1. The van der Waals surface area contributed by atoms with Crippen LogP contribution in [0.25, 0.3) is 10.6 Å². The van der Waals surface area contributed by atoms with Crippen molar-refractivity contribution >= 4 is 17.2 Å². The van der Waals surface area contributed by atoms with Crippen LogP contribution < -0.4 is 14.8 Å². The average molecular weight is 368 g/mol. The maximum Gasteiger partial charge on any atom is 0.258 e. The molecule has 6 heteroatoms. The van der Waals surface area contributed by atoms with Crippen LogP contribution in [0.1, 0.15) is 5.69 Å². The van der Waals surface area contributed by atoms with E-state index in [2.05, 4.69) is 10.3 Å². The van der Waals surface area contributed by atoms with Gasteiger partial charge in [0.05, 0.1) is 6.54 Å². The molecule has 3 aromatic rings. The van der Waals surface area contributed by atoms with E-state index >= 15 is 0 Å². The van der Waals surface area contributed by atoms with Gasteiger partial charge in [-0.25, -0.2) is 4.98 Å². The summed E-state index contributed by atoms with van der Waals surface area (Å²) < 4.78 is 11.0. The Morgan fingerprint density at radius 2 is 1.77 bits per heavy atom. The lowest BCUT2D eigenvalue weighted by atomic mass is 10.2. The third-order valence-electron chi connectivity index (χ3n) is 3.53. The number of ether oxygens (including phenoxy) is 2. The quantitative estimate of drug-likeness (QED) is 0.616. The fraction of sp³-hybridized carbons (Fsp3) is 0.200. The molecule has 26 heavy (non-hydrogen) atoms. The topological polar surface area (TPSA) is 60.5 Å². The minimum atomic E-state index is -0.179. The first-order chi connectivity index (χ1) is 12.7. The van der Waals surface area contributed by atoms with Gasteiger partial charge < -0.3 is 14.8 Å². The number of hydrogen-bond donors (Lipinski definition) is 1. The van der Waals surface area contributed by atoms with Crippen LogP contribution >= 0.6 is 11.3 Å². The Morgan fingerprint density at radius 1 is 1.04 bits per heavy atom. The molecule has 0 aliphatic carbocycles. The lowest BCUT2D eigenvalue weighted by Gasteiger charge is -2.09. The van der Waals surface area contributed by atoms with Gasteiger partial charge in [-0.1, -0.05) is 18.2 Å². The van der Waals surface area contributed by atoms with Gasteiger partial charge in [-0.2, -0.15) is 0 Å². The zero-order valence-electron chi connectivity index (χ0n) is 14.5. The zero-order valence-corrected chi connectivity index (χ0v) is 15.3. The van der Waals surface area contributed by atoms with Crippen molar-refractivity contribution < 1.29 is 14.3 Å². The van der Waals surface area contributed by atoms with E-state index in [0.717, 1.165) is 22.0 Å². The van der Waals surface area contributed by atoms with Gasteiger partial charge in [-0.05, 0) is 43.3 Å². The maximum atomic E-state index is 11.8. The van der Waals surface area contributed by atoms with Crippen LogP contribution in [0.2, 0.25) is 0 Å². The number of nitrogens with zero attached hydrogens (tertiary/aromatic N) is 1. The maximum absolute atomic E-state index is 11.8. The Labute approximate surface area is 156 Å². The van der Waals surface area contributed by atoms with Crippen molar-refractivity contribution in [2.24, 2.45) is 0 Å². The summed E-state index contributed by atoms with van der Waals surface area (Å²) in [6, 6.07) is 17.1. The molecule has 0 aliphatic rings. The first kappa shape index (κ1) is 17.9. The largest absolute Gasteiger partial charge is 0.492 e. The van der Waals surface area contributed by atoms with Crippen LogP contribution in [0.3, 0.4) is 0 Å². The monoisotopic (exact) mass is 368 g/mol. The summed E-state index contributed by atoms with van der Waals surface area (Å²) >= 11 is 1.61. The van der Waals surface area contributed by atoms with Crippen molar-refractivity contribution in [1.82, 2.24) is 10.3 Å². The molecule has 134 valence electrons. The Bertz CT molecular complexity index is 832. The number of aryl methyl sites for hydroxylation is 1. The van der Waals surface area contributed by atoms with E-state index in [1.807, 2.05) is 66.9 Å². The SMILES string of the molecule is Cc1csc(-c2ccc(OCC(=O)NCCOc3ccccc3)cc2)n1. The van der Waals surface area contributed by atoms with Crippen molar-refractivity contribution in [2.75, 3.05) is 19.8 Å². The van der Waals surface area contributed by atoms with Crippen molar-refractivity contribution in [3.8, 4) is 22.1 Å². The molecule has 0 spiro atoms. The molecule has 2 aromatic carbocycles. The highest BCUT2D eigenvalue weighted by atomic mass is 32.1. The van der Waals surface area contributed by atoms with E-state index in [0.29, 0.717) is 18.9 Å². The number of rotatable bonds is 8. The number of aromatic nitrogens is 1. The van der Waals surface area contributed by atoms with E-state index in [1.165, 1.54) is 0 Å². The molecule has 0 atom stereocenters. The molecular weight excluding hydrogens is 348 g/mol. The van der Waals surface area contributed by atoms with Crippen LogP contribution in [0.5, 0.6) is 11.5 Å². The molecule has 0 saturated carbocycles. The van der Waals surface area contributed by atoms with Crippen LogP contribution in [-0.2, 0) is 4.79 Å². The van der Waals surface area contributed by atoms with Gasteiger partial charge in [0.2, 0.25) is 0 Å². The van der Waals surface area contributed by atoms with Gasteiger partial charge >= 0.3 is 0 Å². The third kappa shape index (κ3) is 5.32. The van der Waals surface area contributed by atoms with E-state index in [4.69, 9.17) is 9.47 Å². The van der Waals surface area contributed by atoms with Crippen molar-refractivity contribution in [1.29, 1.82) is 0 Å². The van der Waals surface area contributed by atoms with Gasteiger partial charge in [-0.3, -0.25) is 4.79 Å². The Balaban J connectivity index is 1.37. The van der Waals surface area contributed by atoms with Crippen LogP contribution in [0.15, 0.2) is 60.0 Å². The van der Waals surface area contributed by atoms with Crippen molar-refractivity contribution in [3.05, 3.63) is 65.7 Å². The van der Waals surface area contributed by atoms with Crippen LogP contribution in [0.4, 0.5) is 0 Å². The molecule has 0 fully saturated rings. The summed E-state index contributed by atoms with van der Waals surface area (Å²) in [6.45, 7) is 2.79. The molecule has 1 heterocycles. The molecule has 1 N–H and O–H groups in total. The second-order valence-corrected chi connectivity index (χ2v) is 6.48.